The molecule has 0 spiro atoms. The van der Waals surface area contributed by atoms with Gasteiger partial charge in [0.15, 0.2) is 0 Å². The molecule has 23 heavy (non-hydrogen) atoms. The van der Waals surface area contributed by atoms with Gasteiger partial charge in [0.25, 0.3) is 5.89 Å². The van der Waals surface area contributed by atoms with Crippen molar-refractivity contribution in [2.24, 2.45) is 7.05 Å². The van der Waals surface area contributed by atoms with Crippen LogP contribution in [0.1, 0.15) is 5.82 Å². The van der Waals surface area contributed by atoms with Crippen LogP contribution in [0.2, 0.25) is 0 Å². The average Bonchev–Trinajstić information content (AvgIpc) is 3.13. The first-order valence-corrected chi connectivity index (χ1v) is 7.94. The second-order valence-electron chi connectivity index (χ2n) is 5.36. The van der Waals surface area contributed by atoms with Crippen molar-refractivity contribution in [2.45, 2.75) is 6.92 Å². The molecule has 114 valence electrons. The first-order chi connectivity index (χ1) is 11.1. The highest BCUT2D eigenvalue weighted by Crippen LogP contribution is 2.26. The number of nitrogens with zero attached hydrogens (tertiary/aromatic N) is 4. The number of hydrogen-bond donors (Lipinski definition) is 0. The quantitative estimate of drug-likeness (QED) is 0.527. The Hall–Kier alpha value is -2.47. The van der Waals surface area contributed by atoms with Crippen LogP contribution >= 0.6 is 15.9 Å². The largest absolute Gasteiger partial charge is 0.334 e. The molecule has 6 heteroatoms. The van der Waals surface area contributed by atoms with E-state index in [0.717, 1.165) is 32.5 Å². The first-order valence-electron chi connectivity index (χ1n) is 7.15. The molecule has 4 rings (SSSR count). The van der Waals surface area contributed by atoms with Crippen LogP contribution < -0.4 is 0 Å². The van der Waals surface area contributed by atoms with Gasteiger partial charge in [0.2, 0.25) is 5.82 Å². The number of rotatable bonds is 2. The van der Waals surface area contributed by atoms with Gasteiger partial charge in [0, 0.05) is 22.6 Å². The number of hydrogen-bond acceptors (Lipinski definition) is 4. The Kier molecular flexibility index (Phi) is 3.27. The zero-order valence-corrected chi connectivity index (χ0v) is 14.2. The third-order valence-electron chi connectivity index (χ3n) is 3.86. The third kappa shape index (κ3) is 2.45. The Morgan fingerprint density at radius 3 is 2.74 bits per heavy atom. The summed E-state index contributed by atoms with van der Waals surface area (Å²) in [5, 5.41) is 4.07. The summed E-state index contributed by atoms with van der Waals surface area (Å²) >= 11 is 3.45. The van der Waals surface area contributed by atoms with Crippen molar-refractivity contribution in [3.05, 3.63) is 52.8 Å². The zero-order valence-electron chi connectivity index (χ0n) is 12.6. The molecule has 5 nitrogen and oxygen atoms in total. The fraction of sp³-hybridized carbons (Fsp3) is 0.118. The Morgan fingerprint density at radius 2 is 1.91 bits per heavy atom. The molecule has 0 saturated heterocycles. The number of aryl methyl sites for hydroxylation is 2. The van der Waals surface area contributed by atoms with Crippen LogP contribution in [-0.2, 0) is 7.05 Å². The number of fused-ring (bicyclic) bond motifs is 1. The van der Waals surface area contributed by atoms with Crippen molar-refractivity contribution in [1.82, 2.24) is 19.7 Å². The lowest BCUT2D eigenvalue weighted by molar-refractivity contribution is 0.432. The summed E-state index contributed by atoms with van der Waals surface area (Å²) in [5.41, 5.74) is 3.77. The van der Waals surface area contributed by atoms with Crippen molar-refractivity contribution >= 4 is 27.0 Å². The van der Waals surface area contributed by atoms with Gasteiger partial charge < -0.3 is 9.09 Å². The average molecular weight is 369 g/mol. The van der Waals surface area contributed by atoms with Crippen LogP contribution in [0.5, 0.6) is 0 Å². The Bertz CT molecular complexity index is 1020. The molecule has 0 aliphatic rings. The van der Waals surface area contributed by atoms with Gasteiger partial charge in [-0.15, -0.1) is 0 Å². The molecule has 0 fully saturated rings. The van der Waals surface area contributed by atoms with Crippen LogP contribution in [0.25, 0.3) is 33.9 Å². The minimum Gasteiger partial charge on any atom is -0.334 e. The van der Waals surface area contributed by atoms with E-state index >= 15 is 0 Å². The molecule has 4 aromatic rings. The standard InChI is InChI=1S/C17H13BrN4O/c1-10-19-14-9-12(6-7-15(14)22(10)2)17-20-16(21-23-17)11-4-3-5-13(18)8-11/h3-9H,1-2H3. The minimum absolute atomic E-state index is 0.491. The van der Waals surface area contributed by atoms with Crippen LogP contribution in [-0.4, -0.2) is 19.7 Å². The molecule has 2 heterocycles. The van der Waals surface area contributed by atoms with Gasteiger partial charge in [-0.2, -0.15) is 4.98 Å². The van der Waals surface area contributed by atoms with Crippen LogP contribution in [0.3, 0.4) is 0 Å². The monoisotopic (exact) mass is 368 g/mol. The van der Waals surface area contributed by atoms with Gasteiger partial charge in [-0.3, -0.25) is 0 Å². The molecule has 0 amide bonds. The van der Waals surface area contributed by atoms with E-state index in [2.05, 4.69) is 35.6 Å². The highest BCUT2D eigenvalue weighted by molar-refractivity contribution is 9.10. The van der Waals surface area contributed by atoms with Crippen molar-refractivity contribution in [1.29, 1.82) is 0 Å². The summed E-state index contributed by atoms with van der Waals surface area (Å²) in [5.74, 6) is 2.03. The summed E-state index contributed by atoms with van der Waals surface area (Å²) in [6.07, 6.45) is 0. The van der Waals surface area contributed by atoms with E-state index in [4.69, 9.17) is 4.52 Å². The number of aromatic nitrogens is 4. The molecule has 0 N–H and O–H groups in total. The maximum Gasteiger partial charge on any atom is 0.258 e. The highest BCUT2D eigenvalue weighted by atomic mass is 79.9. The summed E-state index contributed by atoms with van der Waals surface area (Å²) in [6.45, 7) is 1.98. The van der Waals surface area contributed by atoms with Crippen LogP contribution in [0.15, 0.2) is 51.5 Å². The summed E-state index contributed by atoms with van der Waals surface area (Å²) in [7, 11) is 2.00. The van der Waals surface area contributed by atoms with E-state index in [0.29, 0.717) is 11.7 Å². The van der Waals surface area contributed by atoms with Crippen molar-refractivity contribution in [3.63, 3.8) is 0 Å². The smallest absolute Gasteiger partial charge is 0.258 e. The zero-order chi connectivity index (χ0) is 16.0. The maximum absolute atomic E-state index is 5.42. The lowest BCUT2D eigenvalue weighted by atomic mass is 10.2. The molecule has 0 bridgehead atoms. The van der Waals surface area contributed by atoms with E-state index in [-0.39, 0.29) is 0 Å². The van der Waals surface area contributed by atoms with Crippen molar-refractivity contribution in [2.75, 3.05) is 0 Å². The van der Waals surface area contributed by atoms with E-state index in [1.165, 1.54) is 0 Å². The fourth-order valence-electron chi connectivity index (χ4n) is 2.54. The lowest BCUT2D eigenvalue weighted by Crippen LogP contribution is -1.89. The molecule has 2 aromatic heterocycles. The van der Waals surface area contributed by atoms with Crippen LogP contribution in [0.4, 0.5) is 0 Å². The fourth-order valence-corrected chi connectivity index (χ4v) is 2.94. The molecule has 2 aromatic carbocycles. The summed E-state index contributed by atoms with van der Waals surface area (Å²) in [6, 6.07) is 13.8. The molecule has 0 unspecified atom stereocenters. The van der Waals surface area contributed by atoms with Gasteiger partial charge in [0.05, 0.1) is 11.0 Å². The van der Waals surface area contributed by atoms with E-state index in [1.54, 1.807) is 0 Å². The molecule has 0 saturated carbocycles. The molecular weight excluding hydrogens is 356 g/mol. The number of imidazole rings is 1. The molecule has 0 atom stereocenters. The van der Waals surface area contributed by atoms with Gasteiger partial charge >= 0.3 is 0 Å². The normalized spacial score (nSPS) is 11.3. The Morgan fingerprint density at radius 1 is 1.04 bits per heavy atom. The number of halogens is 1. The molecular formula is C17H13BrN4O. The minimum atomic E-state index is 0.491. The van der Waals surface area contributed by atoms with Gasteiger partial charge in [-0.1, -0.05) is 33.2 Å². The topological polar surface area (TPSA) is 56.7 Å². The Balaban J connectivity index is 1.77. The second kappa shape index (κ2) is 5.31. The predicted molar refractivity (Wildman–Crippen MR) is 91.9 cm³/mol. The Labute approximate surface area is 141 Å². The van der Waals surface area contributed by atoms with Gasteiger partial charge in [-0.25, -0.2) is 4.98 Å². The first kappa shape index (κ1) is 14.1. The third-order valence-corrected chi connectivity index (χ3v) is 4.35. The maximum atomic E-state index is 5.42. The summed E-state index contributed by atoms with van der Waals surface area (Å²) in [4.78, 5) is 9.04. The number of benzene rings is 2. The molecule has 0 radical (unpaired) electrons. The molecule has 0 aliphatic carbocycles. The predicted octanol–water partition coefficient (Wildman–Crippen LogP) is 4.36. The lowest BCUT2D eigenvalue weighted by Gasteiger charge is -1.97. The van der Waals surface area contributed by atoms with Gasteiger partial charge in [-0.05, 0) is 37.3 Å². The van der Waals surface area contributed by atoms with E-state index in [1.807, 2.05) is 56.4 Å². The van der Waals surface area contributed by atoms with Gasteiger partial charge in [0.1, 0.15) is 5.82 Å². The molecule has 0 aliphatic heterocycles. The van der Waals surface area contributed by atoms with Crippen molar-refractivity contribution < 1.29 is 4.52 Å². The van der Waals surface area contributed by atoms with Crippen LogP contribution in [0, 0.1) is 6.92 Å². The highest BCUT2D eigenvalue weighted by Gasteiger charge is 2.13. The second-order valence-corrected chi connectivity index (χ2v) is 6.27. The van der Waals surface area contributed by atoms with E-state index < -0.39 is 0 Å². The summed E-state index contributed by atoms with van der Waals surface area (Å²) < 4.78 is 8.45. The van der Waals surface area contributed by atoms with Crippen molar-refractivity contribution in [3.8, 4) is 22.8 Å². The SMILES string of the molecule is Cc1nc2cc(-c3nc(-c4cccc(Br)c4)no3)ccc2n1C. The van der Waals surface area contributed by atoms with E-state index in [9.17, 15) is 0 Å².